The van der Waals surface area contributed by atoms with Crippen molar-refractivity contribution in [1.82, 2.24) is 20.5 Å². The number of aliphatic carboxylic acids is 2. The maximum atomic E-state index is 13.2. The summed E-state index contributed by atoms with van der Waals surface area (Å²) in [5.41, 5.74) is 3.27. The number of carboxylic acids is 2. The van der Waals surface area contributed by atoms with E-state index in [1.807, 2.05) is 0 Å². The van der Waals surface area contributed by atoms with E-state index in [1.165, 1.54) is 25.3 Å². The van der Waals surface area contributed by atoms with Crippen molar-refractivity contribution < 1.29 is 49.2 Å². The van der Waals surface area contributed by atoms with Gasteiger partial charge in [-0.05, 0) is 37.6 Å². The van der Waals surface area contributed by atoms with Crippen LogP contribution in [0.25, 0.3) is 0 Å². The molecule has 3 amide bonds. The number of amides is 3. The average Bonchev–Trinajstić information content (AvgIpc) is 3.36. The van der Waals surface area contributed by atoms with E-state index in [0.717, 1.165) is 40.1 Å². The van der Waals surface area contributed by atoms with Gasteiger partial charge in [0, 0.05) is 23.2 Å². The minimum Gasteiger partial charge on any atom is -0.504 e. The molecule has 4 rings (SSSR count). The Morgan fingerprint density at radius 1 is 1.21 bits per heavy atom. The predicted molar refractivity (Wildman–Crippen MR) is 148 cm³/mol. The van der Waals surface area contributed by atoms with Crippen LogP contribution >= 0.6 is 23.1 Å². The molecule has 0 radical (unpaired) electrons. The van der Waals surface area contributed by atoms with Crippen LogP contribution in [0, 0.1) is 0 Å². The number of aromatic nitrogens is 1. The predicted octanol–water partition coefficient (Wildman–Crippen LogP) is -0.111. The van der Waals surface area contributed by atoms with Gasteiger partial charge in [-0.1, -0.05) is 5.16 Å². The van der Waals surface area contributed by atoms with Crippen LogP contribution in [-0.4, -0.2) is 95.0 Å². The molecule has 16 nitrogen and oxygen atoms in total. The molecule has 0 saturated carbocycles. The molecular weight excluding hydrogens is 596 g/mol. The number of fused-ring (bicyclic) bond motifs is 1. The van der Waals surface area contributed by atoms with Gasteiger partial charge in [0.25, 0.3) is 17.7 Å². The van der Waals surface area contributed by atoms with E-state index in [9.17, 15) is 44.4 Å². The fourth-order valence-electron chi connectivity index (χ4n) is 3.78. The number of benzene rings is 1. The van der Waals surface area contributed by atoms with Crippen LogP contribution in [-0.2, 0) is 24.0 Å². The largest absolute Gasteiger partial charge is 0.504 e. The molecule has 0 aliphatic carbocycles. The Labute approximate surface area is 244 Å². The summed E-state index contributed by atoms with van der Waals surface area (Å²) in [6.45, 7) is 2.19. The molecule has 2 aliphatic heterocycles. The molecular formula is C24H24N6O10S2. The fraction of sp³-hybridized carbons (Fsp3) is 0.292. The van der Waals surface area contributed by atoms with E-state index in [2.05, 4.69) is 20.8 Å². The molecule has 2 atom stereocenters. The highest BCUT2D eigenvalue weighted by Gasteiger charge is 2.54. The van der Waals surface area contributed by atoms with Crippen molar-refractivity contribution in [2.24, 2.45) is 5.16 Å². The second-order valence-corrected chi connectivity index (χ2v) is 11.4. The normalized spacial score (nSPS) is 18.6. The number of nitrogens with zero attached hydrogens (tertiary/aromatic N) is 3. The molecule has 42 heavy (non-hydrogen) atoms. The number of nitrogens with two attached hydrogens (primary N) is 1. The zero-order valence-electron chi connectivity index (χ0n) is 21.9. The van der Waals surface area contributed by atoms with Crippen molar-refractivity contribution in [2.45, 2.75) is 30.9 Å². The minimum atomic E-state index is -1.80. The monoisotopic (exact) mass is 620 g/mol. The number of phenolic OH excluding ortho intramolecular Hbond substituents is 2. The number of carbonyl (C=O) groups excluding carboxylic acids is 3. The molecule has 1 aromatic carbocycles. The Bertz CT molecular complexity index is 1550. The van der Waals surface area contributed by atoms with Gasteiger partial charge in [-0.25, -0.2) is 14.6 Å². The van der Waals surface area contributed by atoms with Gasteiger partial charge in [-0.15, -0.1) is 23.1 Å². The summed E-state index contributed by atoms with van der Waals surface area (Å²) >= 11 is 2.13. The summed E-state index contributed by atoms with van der Waals surface area (Å²) < 4.78 is 0. The maximum absolute atomic E-state index is 13.2. The Balaban J connectivity index is 1.50. The van der Waals surface area contributed by atoms with Crippen molar-refractivity contribution in [3.8, 4) is 11.5 Å². The zero-order valence-corrected chi connectivity index (χ0v) is 23.5. The first kappa shape index (κ1) is 30.1. The molecule has 1 aromatic heterocycles. The molecule has 222 valence electrons. The number of nitrogens with one attached hydrogen (secondary N) is 2. The summed E-state index contributed by atoms with van der Waals surface area (Å²) in [6, 6.07) is 2.26. The number of nitrogen functional groups attached to an aromatic ring is 1. The highest BCUT2D eigenvalue weighted by atomic mass is 32.2. The lowest BCUT2D eigenvalue weighted by Crippen LogP contribution is -2.71. The van der Waals surface area contributed by atoms with Gasteiger partial charge in [0.15, 0.2) is 22.3 Å². The molecule has 2 aromatic rings. The number of rotatable bonds is 10. The van der Waals surface area contributed by atoms with E-state index in [0.29, 0.717) is 0 Å². The van der Waals surface area contributed by atoms with Crippen LogP contribution in [0.1, 0.15) is 29.9 Å². The van der Waals surface area contributed by atoms with Crippen molar-refractivity contribution >= 4 is 63.6 Å². The third-order valence-corrected chi connectivity index (χ3v) is 8.11. The number of oxime groups is 1. The fourth-order valence-corrected chi connectivity index (χ4v) is 5.68. The molecule has 1 fully saturated rings. The summed E-state index contributed by atoms with van der Waals surface area (Å²) in [5, 5.41) is 47.6. The number of hydrogen-bond acceptors (Lipinski definition) is 13. The Morgan fingerprint density at radius 2 is 1.93 bits per heavy atom. The number of hydrogen-bond donors (Lipinski definition) is 7. The quantitative estimate of drug-likeness (QED) is 0.0793. The standard InChI is InChI=1S/C24H24N6O10S2/c1-24(2,22(38)39)40-29-14(11-8-42-23(25)27-11)18(34)28-15-19(35)30-16(21(36)37)10(7-41-20(15)30)6-26-17(33)9-3-4-12(31)13(32)5-9/h3-5,8,15,20,31-32H,6-7H2,1-2H3,(H2,25,27)(H,26,33)(H,28,34)(H,36,37)(H,38,39)/b29-14-/t15?,20-/m1/s1. The van der Waals surface area contributed by atoms with Crippen LogP contribution in [0.15, 0.2) is 40.0 Å². The first-order valence-electron chi connectivity index (χ1n) is 11.9. The smallest absolute Gasteiger partial charge is 0.352 e. The average molecular weight is 621 g/mol. The van der Waals surface area contributed by atoms with Crippen LogP contribution in [0.5, 0.6) is 11.5 Å². The highest BCUT2D eigenvalue weighted by Crippen LogP contribution is 2.40. The lowest BCUT2D eigenvalue weighted by atomic mass is 10.0. The molecule has 1 saturated heterocycles. The zero-order chi connectivity index (χ0) is 30.9. The van der Waals surface area contributed by atoms with Gasteiger partial charge < -0.3 is 41.6 Å². The molecule has 2 aliphatic rings. The SMILES string of the molecule is CC(C)(O/N=C(\C(=O)NC1C(=O)N2C(C(=O)O)=C(CNC(=O)c3ccc(O)c(O)c3)CS[C@H]12)c1csc(N)n1)C(=O)O. The minimum absolute atomic E-state index is 0.0157. The number of β-lactam (4-membered cyclic amide) rings is 1. The van der Waals surface area contributed by atoms with Gasteiger partial charge in [-0.3, -0.25) is 19.3 Å². The van der Waals surface area contributed by atoms with Crippen LogP contribution in [0.4, 0.5) is 5.13 Å². The molecule has 1 unspecified atom stereocenters. The van der Waals surface area contributed by atoms with Gasteiger partial charge in [0.05, 0.1) is 0 Å². The van der Waals surface area contributed by atoms with Crippen LogP contribution in [0.2, 0.25) is 0 Å². The number of phenols is 2. The second-order valence-electron chi connectivity index (χ2n) is 9.42. The van der Waals surface area contributed by atoms with E-state index in [-0.39, 0.29) is 40.0 Å². The van der Waals surface area contributed by atoms with Crippen molar-refractivity contribution in [3.63, 3.8) is 0 Å². The summed E-state index contributed by atoms with van der Waals surface area (Å²) in [5.74, 6) is -5.94. The summed E-state index contributed by atoms with van der Waals surface area (Å²) in [6.07, 6.45) is 0. The van der Waals surface area contributed by atoms with Crippen molar-refractivity contribution in [1.29, 1.82) is 0 Å². The number of thiazole rings is 1. The van der Waals surface area contributed by atoms with Crippen molar-refractivity contribution in [2.75, 3.05) is 18.0 Å². The maximum Gasteiger partial charge on any atom is 0.352 e. The summed E-state index contributed by atoms with van der Waals surface area (Å²) in [4.78, 5) is 72.3. The first-order valence-corrected chi connectivity index (χ1v) is 13.9. The van der Waals surface area contributed by atoms with E-state index in [1.54, 1.807) is 0 Å². The molecule has 0 spiro atoms. The number of carboxylic acid groups (broad SMARTS) is 2. The molecule has 0 bridgehead atoms. The lowest BCUT2D eigenvalue weighted by Gasteiger charge is -2.49. The highest BCUT2D eigenvalue weighted by molar-refractivity contribution is 8.00. The number of aromatic hydroxyl groups is 2. The van der Waals surface area contributed by atoms with Crippen LogP contribution < -0.4 is 16.4 Å². The van der Waals surface area contributed by atoms with Crippen molar-refractivity contribution in [3.05, 3.63) is 46.1 Å². The van der Waals surface area contributed by atoms with E-state index in [4.69, 9.17) is 10.6 Å². The van der Waals surface area contributed by atoms with Gasteiger partial charge in [0.2, 0.25) is 5.60 Å². The van der Waals surface area contributed by atoms with Crippen LogP contribution in [0.3, 0.4) is 0 Å². The first-order chi connectivity index (χ1) is 19.7. The van der Waals surface area contributed by atoms with Gasteiger partial charge in [0.1, 0.15) is 22.8 Å². The molecule has 18 heteroatoms. The number of anilines is 1. The topological polar surface area (TPSA) is 254 Å². The lowest BCUT2D eigenvalue weighted by molar-refractivity contribution is -0.161. The number of thioether (sulfide) groups is 1. The van der Waals surface area contributed by atoms with Gasteiger partial charge in [-0.2, -0.15) is 0 Å². The molecule has 8 N–H and O–H groups in total. The Hall–Kier alpha value is -4.84. The third-order valence-electron chi connectivity index (χ3n) is 6.10. The number of carbonyl (C=O) groups is 5. The van der Waals surface area contributed by atoms with E-state index < -0.39 is 63.9 Å². The van der Waals surface area contributed by atoms with Gasteiger partial charge >= 0.3 is 11.9 Å². The molecule has 3 heterocycles. The second kappa shape index (κ2) is 11.6. The summed E-state index contributed by atoms with van der Waals surface area (Å²) in [7, 11) is 0. The van der Waals surface area contributed by atoms with E-state index >= 15 is 0 Å². The third kappa shape index (κ3) is 5.93. The Kier molecular flexibility index (Phi) is 8.30. The Morgan fingerprint density at radius 3 is 2.52 bits per heavy atom.